The molecule has 0 radical (unpaired) electrons. The van der Waals surface area contributed by atoms with Crippen LogP contribution in [0.1, 0.15) is 0 Å². The molecule has 0 fully saturated rings. The molecule has 0 aliphatic carbocycles. The van der Waals surface area contributed by atoms with E-state index in [9.17, 15) is 21.6 Å². The van der Waals surface area contributed by atoms with E-state index in [2.05, 4.69) is 9.17 Å². The zero-order valence-corrected chi connectivity index (χ0v) is 18.3. The van der Waals surface area contributed by atoms with Crippen LogP contribution in [0, 0.1) is 0 Å². The van der Waals surface area contributed by atoms with Crippen molar-refractivity contribution in [3.63, 3.8) is 0 Å². The number of halogens is 3. The lowest BCUT2D eigenvalue weighted by molar-refractivity contribution is -0.0500. The number of hydrogen-bond donors (Lipinski definition) is 0. The third kappa shape index (κ3) is 3.97. The van der Waals surface area contributed by atoms with Gasteiger partial charge in [-0.3, -0.25) is 4.98 Å². The predicted octanol–water partition coefficient (Wildman–Crippen LogP) is 6.95. The molecule has 0 aliphatic rings. The number of pyridine rings is 1. The maximum Gasteiger partial charge on any atom is 0.534 e. The van der Waals surface area contributed by atoms with Crippen LogP contribution in [0.3, 0.4) is 0 Å². The molecule has 170 valence electrons. The third-order valence-electron chi connectivity index (χ3n) is 5.47. The first-order valence-electron chi connectivity index (χ1n) is 10.2. The van der Waals surface area contributed by atoms with E-state index in [0.717, 1.165) is 27.1 Å². The largest absolute Gasteiger partial charge is 0.534 e. The summed E-state index contributed by atoms with van der Waals surface area (Å²) in [5.41, 5.74) is -3.24. The summed E-state index contributed by atoms with van der Waals surface area (Å²) in [6.45, 7) is 0. The van der Waals surface area contributed by atoms with Crippen molar-refractivity contribution in [3.8, 4) is 28.0 Å². The van der Waals surface area contributed by atoms with Crippen LogP contribution in [0.2, 0.25) is 0 Å². The van der Waals surface area contributed by atoms with Crippen molar-refractivity contribution in [1.29, 1.82) is 0 Å². The zero-order valence-electron chi connectivity index (χ0n) is 17.5. The van der Waals surface area contributed by atoms with Crippen molar-refractivity contribution in [1.82, 2.24) is 4.98 Å². The van der Waals surface area contributed by atoms with Crippen LogP contribution in [0.15, 0.2) is 97.3 Å². The Balaban J connectivity index is 1.78. The molecule has 34 heavy (non-hydrogen) atoms. The molecule has 0 bridgehead atoms. The molecule has 0 saturated heterocycles. The standard InChI is InChI=1S/C26H16F3NO3S/c27-26(28,29)34(31,32)33-21-13-19(18-7-5-11-30-16-18)12-20(14-21)25-15-17-6-1-2-8-22(17)23-9-3-4-10-24(23)25/h1-16H. The van der Waals surface area contributed by atoms with Gasteiger partial charge in [0.1, 0.15) is 5.75 Å². The highest BCUT2D eigenvalue weighted by Crippen LogP contribution is 2.39. The Morgan fingerprint density at radius 3 is 2.09 bits per heavy atom. The molecule has 0 amide bonds. The summed E-state index contributed by atoms with van der Waals surface area (Å²) in [4.78, 5) is 4.06. The lowest BCUT2D eigenvalue weighted by Crippen LogP contribution is -2.28. The summed E-state index contributed by atoms with van der Waals surface area (Å²) in [6, 6.07) is 25.1. The molecule has 8 heteroatoms. The maximum absolute atomic E-state index is 13.0. The molecule has 5 aromatic rings. The normalized spacial score (nSPS) is 12.2. The Morgan fingerprint density at radius 2 is 1.38 bits per heavy atom. The first kappa shape index (κ1) is 21.9. The van der Waals surface area contributed by atoms with Crippen LogP contribution < -0.4 is 4.18 Å². The van der Waals surface area contributed by atoms with Gasteiger partial charge in [-0.25, -0.2) is 0 Å². The molecule has 1 aromatic heterocycles. The van der Waals surface area contributed by atoms with Crippen LogP contribution in [-0.4, -0.2) is 18.9 Å². The molecule has 0 spiro atoms. The minimum absolute atomic E-state index is 0.439. The molecule has 4 nitrogen and oxygen atoms in total. The zero-order chi connectivity index (χ0) is 23.9. The van der Waals surface area contributed by atoms with Gasteiger partial charge in [0.05, 0.1) is 0 Å². The molecular formula is C26H16F3NO3S. The van der Waals surface area contributed by atoms with Gasteiger partial charge in [0.2, 0.25) is 0 Å². The van der Waals surface area contributed by atoms with Gasteiger partial charge in [-0.1, -0.05) is 54.6 Å². The number of benzene rings is 4. The molecule has 0 aliphatic heterocycles. The molecule has 1 heterocycles. The van der Waals surface area contributed by atoms with Gasteiger partial charge >= 0.3 is 15.6 Å². The fraction of sp³-hybridized carbons (Fsp3) is 0.0385. The number of rotatable bonds is 4. The van der Waals surface area contributed by atoms with E-state index >= 15 is 0 Å². The van der Waals surface area contributed by atoms with Gasteiger partial charge in [-0.05, 0) is 68.6 Å². The Hall–Kier alpha value is -3.91. The first-order chi connectivity index (χ1) is 16.2. The van der Waals surface area contributed by atoms with Gasteiger partial charge in [-0.2, -0.15) is 21.6 Å². The third-order valence-corrected chi connectivity index (χ3v) is 6.45. The van der Waals surface area contributed by atoms with Gasteiger partial charge in [0.15, 0.2) is 0 Å². The SMILES string of the molecule is O=S(=O)(Oc1cc(-c2cccnc2)cc(-c2cc3ccccc3c3ccccc23)c1)C(F)(F)F. The quantitative estimate of drug-likeness (QED) is 0.159. The summed E-state index contributed by atoms with van der Waals surface area (Å²) in [5, 5.41) is 3.80. The van der Waals surface area contributed by atoms with Crippen molar-refractivity contribution in [2.45, 2.75) is 5.51 Å². The summed E-state index contributed by atoms with van der Waals surface area (Å²) in [7, 11) is -5.84. The monoisotopic (exact) mass is 479 g/mol. The number of hydrogen-bond acceptors (Lipinski definition) is 4. The van der Waals surface area contributed by atoms with Crippen molar-refractivity contribution in [3.05, 3.63) is 97.3 Å². The van der Waals surface area contributed by atoms with E-state index in [-0.39, 0.29) is 0 Å². The minimum Gasteiger partial charge on any atom is -0.376 e. The van der Waals surface area contributed by atoms with Crippen molar-refractivity contribution < 1.29 is 25.8 Å². The lowest BCUT2D eigenvalue weighted by Gasteiger charge is -2.15. The second-order valence-corrected chi connectivity index (χ2v) is 9.20. The van der Waals surface area contributed by atoms with Gasteiger partial charge < -0.3 is 4.18 Å². The average molecular weight is 479 g/mol. The van der Waals surface area contributed by atoms with Crippen LogP contribution in [0.5, 0.6) is 5.75 Å². The van der Waals surface area contributed by atoms with Crippen LogP contribution in [-0.2, 0) is 10.1 Å². The van der Waals surface area contributed by atoms with Gasteiger partial charge in [0.25, 0.3) is 0 Å². The Labute approximate surface area is 193 Å². The van der Waals surface area contributed by atoms with Crippen LogP contribution in [0.4, 0.5) is 13.2 Å². The molecule has 0 saturated carbocycles. The predicted molar refractivity (Wildman–Crippen MR) is 126 cm³/mol. The summed E-state index contributed by atoms with van der Waals surface area (Å²) >= 11 is 0. The molecule has 0 N–H and O–H groups in total. The summed E-state index contributed by atoms with van der Waals surface area (Å²) < 4.78 is 67.1. The van der Waals surface area contributed by atoms with E-state index in [1.807, 2.05) is 54.6 Å². The van der Waals surface area contributed by atoms with E-state index < -0.39 is 21.4 Å². The minimum atomic E-state index is -5.84. The van der Waals surface area contributed by atoms with Crippen molar-refractivity contribution in [2.75, 3.05) is 0 Å². The number of aromatic nitrogens is 1. The Bertz CT molecular complexity index is 1630. The Morgan fingerprint density at radius 1 is 0.706 bits per heavy atom. The van der Waals surface area contributed by atoms with E-state index in [1.165, 1.54) is 12.1 Å². The summed E-state index contributed by atoms with van der Waals surface area (Å²) in [6.07, 6.45) is 3.11. The first-order valence-corrected chi connectivity index (χ1v) is 11.6. The van der Waals surface area contributed by atoms with Gasteiger partial charge in [-0.15, -0.1) is 0 Å². The van der Waals surface area contributed by atoms with Crippen LogP contribution in [0.25, 0.3) is 43.8 Å². The van der Waals surface area contributed by atoms with Crippen molar-refractivity contribution >= 4 is 31.7 Å². The highest BCUT2D eigenvalue weighted by atomic mass is 32.2. The number of nitrogens with zero attached hydrogens (tertiary/aromatic N) is 1. The van der Waals surface area contributed by atoms with Crippen LogP contribution >= 0.6 is 0 Å². The van der Waals surface area contributed by atoms with Gasteiger partial charge in [0, 0.05) is 18.0 Å². The Kier molecular flexibility index (Phi) is 5.25. The van der Waals surface area contributed by atoms with E-state index in [4.69, 9.17) is 0 Å². The molecule has 4 aromatic carbocycles. The average Bonchev–Trinajstić information content (AvgIpc) is 2.83. The molecule has 5 rings (SSSR count). The lowest BCUT2D eigenvalue weighted by atomic mass is 9.92. The fourth-order valence-corrected chi connectivity index (χ4v) is 4.41. The second kappa shape index (κ2) is 8.14. The van der Waals surface area contributed by atoms with E-state index in [0.29, 0.717) is 16.7 Å². The fourth-order valence-electron chi connectivity index (χ4n) is 3.97. The van der Waals surface area contributed by atoms with E-state index in [1.54, 1.807) is 30.6 Å². The number of alkyl halides is 3. The van der Waals surface area contributed by atoms with Crippen molar-refractivity contribution in [2.24, 2.45) is 0 Å². The molecule has 0 unspecified atom stereocenters. The molecule has 0 atom stereocenters. The smallest absolute Gasteiger partial charge is 0.376 e. The molecular weight excluding hydrogens is 463 g/mol. The second-order valence-electron chi connectivity index (χ2n) is 7.66. The highest BCUT2D eigenvalue weighted by molar-refractivity contribution is 7.88. The number of fused-ring (bicyclic) bond motifs is 3. The highest BCUT2D eigenvalue weighted by Gasteiger charge is 2.48. The maximum atomic E-state index is 13.0. The summed E-state index contributed by atoms with van der Waals surface area (Å²) in [5.74, 6) is -0.439. The topological polar surface area (TPSA) is 56.3 Å².